The second kappa shape index (κ2) is 20.0. The highest BCUT2D eigenvalue weighted by Gasteiger charge is 2.22. The van der Waals surface area contributed by atoms with Gasteiger partial charge in [0.2, 0.25) is 6.29 Å². The molecule has 1 fully saturated rings. The number of benzene rings is 6. The molecule has 0 bridgehead atoms. The molecule has 0 atom stereocenters. The number of fused-ring (bicyclic) bond motifs is 2. The van der Waals surface area contributed by atoms with Crippen LogP contribution in [-0.2, 0) is 22.7 Å². The summed E-state index contributed by atoms with van der Waals surface area (Å²) < 4.78 is 34.4. The van der Waals surface area contributed by atoms with Crippen LogP contribution in [0, 0.1) is 0 Å². The predicted octanol–water partition coefficient (Wildman–Crippen LogP) is 12.3. The number of nitrogens with zero attached hydrogens (tertiary/aromatic N) is 4. The molecule has 1 aliphatic heterocycles. The molecule has 10 aromatic rings. The number of hydrogen-bond donors (Lipinski definition) is 2. The van der Waals surface area contributed by atoms with Gasteiger partial charge in [-0.3, -0.25) is 4.79 Å². The zero-order chi connectivity index (χ0) is 45.2. The molecule has 0 aliphatic carbocycles. The molecule has 0 saturated carbocycles. The summed E-state index contributed by atoms with van der Waals surface area (Å²) in [6.45, 7) is 2.19. The van der Waals surface area contributed by atoms with E-state index in [4.69, 9.17) is 27.8 Å². The normalized spacial score (nSPS) is 12.4. The van der Waals surface area contributed by atoms with Crippen LogP contribution in [0.2, 0.25) is 0 Å². The molecule has 11 rings (SSSR count). The van der Waals surface area contributed by atoms with Gasteiger partial charge >= 0.3 is 0 Å². The van der Waals surface area contributed by atoms with E-state index in [1.807, 2.05) is 158 Å². The Morgan fingerprint density at radius 1 is 0.522 bits per heavy atom. The number of nitrogens with one attached hydrogen (secondary N) is 2. The van der Waals surface area contributed by atoms with Crippen molar-refractivity contribution in [1.29, 1.82) is 0 Å². The van der Waals surface area contributed by atoms with Crippen LogP contribution in [-0.4, -0.2) is 39.4 Å². The average Bonchev–Trinajstić information content (AvgIpc) is 4.21. The number of carbonyl (C=O) groups excluding carboxylic acids is 1. The molecule has 2 N–H and O–H groups in total. The first kappa shape index (κ1) is 42.3. The Bertz CT molecular complexity index is 3230. The van der Waals surface area contributed by atoms with Crippen molar-refractivity contribution in [3.05, 3.63) is 205 Å². The van der Waals surface area contributed by atoms with E-state index in [9.17, 15) is 4.79 Å². The molecule has 6 aromatic carbocycles. The standard InChI is InChI=1S/C28H23N3O4.C26H19N3O3/c1-2-4-19(5-3-1)17-34-22-9-7-21(8-10-22)31-27-23-16-20(6-11-24(23)29-18-30-27)25-12-13-26(35-25)28-32-14-15-33-28;30-15-22-11-13-25(32-22)19-6-12-24-23(14-19)26(28-17-27-24)29-20-7-9-21(10-8-20)31-16-18-4-2-1-3-5-18/h1-13,16,18,28H,14-15,17H2,(H,29,30,31);1-15,17H,16H2,(H,27,28,29). The smallest absolute Gasteiger partial charge is 0.217 e. The maximum Gasteiger partial charge on any atom is 0.217 e. The van der Waals surface area contributed by atoms with Crippen LogP contribution in [0.1, 0.15) is 33.7 Å². The van der Waals surface area contributed by atoms with Gasteiger partial charge in [-0.2, -0.15) is 0 Å². The van der Waals surface area contributed by atoms with Gasteiger partial charge in [-0.05, 0) is 120 Å². The van der Waals surface area contributed by atoms with E-state index in [-0.39, 0.29) is 5.76 Å². The van der Waals surface area contributed by atoms with E-state index in [1.54, 1.807) is 18.5 Å². The fourth-order valence-corrected chi connectivity index (χ4v) is 7.37. The minimum absolute atomic E-state index is 0.289. The van der Waals surface area contributed by atoms with Gasteiger partial charge in [-0.25, -0.2) is 19.9 Å². The van der Waals surface area contributed by atoms with Crippen LogP contribution in [0.3, 0.4) is 0 Å². The quantitative estimate of drug-likeness (QED) is 0.0996. The van der Waals surface area contributed by atoms with Crippen LogP contribution in [0.15, 0.2) is 191 Å². The maximum atomic E-state index is 10.9. The van der Waals surface area contributed by atoms with E-state index in [0.717, 1.165) is 72.7 Å². The molecule has 67 heavy (non-hydrogen) atoms. The molecule has 4 aromatic heterocycles. The molecule has 5 heterocycles. The number of aromatic nitrogens is 4. The maximum absolute atomic E-state index is 10.9. The first-order valence-electron chi connectivity index (χ1n) is 21.6. The summed E-state index contributed by atoms with van der Waals surface area (Å²) in [5.74, 6) is 5.28. The van der Waals surface area contributed by atoms with Crippen molar-refractivity contribution in [3.8, 4) is 34.1 Å². The number of hydrogen-bond acceptors (Lipinski definition) is 13. The monoisotopic (exact) mass is 886 g/mol. The minimum atomic E-state index is -0.440. The summed E-state index contributed by atoms with van der Waals surface area (Å²) in [5.41, 5.74) is 7.43. The highest BCUT2D eigenvalue weighted by molar-refractivity contribution is 5.94. The van der Waals surface area contributed by atoms with E-state index in [1.165, 1.54) is 6.33 Å². The lowest BCUT2D eigenvalue weighted by Crippen LogP contribution is -1.97. The lowest BCUT2D eigenvalue weighted by molar-refractivity contribution is -0.0585. The molecular weight excluding hydrogens is 845 g/mol. The first-order chi connectivity index (χ1) is 33.1. The molecule has 0 amide bonds. The fourth-order valence-electron chi connectivity index (χ4n) is 7.37. The Kier molecular flexibility index (Phi) is 12.6. The Morgan fingerprint density at radius 3 is 1.51 bits per heavy atom. The van der Waals surface area contributed by atoms with Gasteiger partial charge in [0.15, 0.2) is 17.8 Å². The van der Waals surface area contributed by atoms with Crippen molar-refractivity contribution in [1.82, 2.24) is 19.9 Å². The van der Waals surface area contributed by atoms with E-state index >= 15 is 0 Å². The second-order valence-corrected chi connectivity index (χ2v) is 15.4. The Hall–Kier alpha value is -8.65. The van der Waals surface area contributed by atoms with Gasteiger partial charge in [0.05, 0.1) is 24.2 Å². The zero-order valence-electron chi connectivity index (χ0n) is 36.0. The predicted molar refractivity (Wildman–Crippen MR) is 256 cm³/mol. The van der Waals surface area contributed by atoms with Gasteiger partial charge in [-0.15, -0.1) is 0 Å². The number of carbonyl (C=O) groups is 1. The molecule has 0 unspecified atom stereocenters. The number of ether oxygens (including phenoxy) is 4. The molecule has 1 aliphatic rings. The summed E-state index contributed by atoms with van der Waals surface area (Å²) >= 11 is 0. The molecule has 330 valence electrons. The summed E-state index contributed by atoms with van der Waals surface area (Å²) in [7, 11) is 0. The second-order valence-electron chi connectivity index (χ2n) is 15.4. The first-order valence-corrected chi connectivity index (χ1v) is 21.6. The summed E-state index contributed by atoms with van der Waals surface area (Å²) in [6, 6.07) is 54.7. The van der Waals surface area contributed by atoms with Crippen molar-refractivity contribution in [2.45, 2.75) is 19.5 Å². The Balaban J connectivity index is 0.000000157. The molecule has 0 radical (unpaired) electrons. The van der Waals surface area contributed by atoms with Gasteiger partial charge in [0.1, 0.15) is 60.5 Å². The number of rotatable bonds is 14. The van der Waals surface area contributed by atoms with Crippen LogP contribution in [0.5, 0.6) is 11.5 Å². The molecule has 13 nitrogen and oxygen atoms in total. The van der Waals surface area contributed by atoms with E-state index in [2.05, 4.69) is 30.6 Å². The lowest BCUT2D eigenvalue weighted by Gasteiger charge is -2.11. The zero-order valence-corrected chi connectivity index (χ0v) is 36.0. The van der Waals surface area contributed by atoms with Crippen LogP contribution >= 0.6 is 0 Å². The fraction of sp³-hybridized carbons (Fsp3) is 0.0926. The third-order valence-electron chi connectivity index (χ3n) is 10.8. The highest BCUT2D eigenvalue weighted by atomic mass is 16.7. The largest absolute Gasteiger partial charge is 0.489 e. The minimum Gasteiger partial charge on any atom is -0.489 e. The number of aldehydes is 1. The third kappa shape index (κ3) is 10.3. The van der Waals surface area contributed by atoms with E-state index < -0.39 is 6.29 Å². The van der Waals surface area contributed by atoms with E-state index in [0.29, 0.717) is 55.9 Å². The van der Waals surface area contributed by atoms with Crippen molar-refractivity contribution in [3.63, 3.8) is 0 Å². The summed E-state index contributed by atoms with van der Waals surface area (Å²) in [4.78, 5) is 28.6. The molecule has 0 spiro atoms. The number of furan rings is 2. The van der Waals surface area contributed by atoms with Gasteiger partial charge in [-0.1, -0.05) is 60.7 Å². The van der Waals surface area contributed by atoms with Crippen molar-refractivity contribution >= 4 is 51.1 Å². The summed E-state index contributed by atoms with van der Waals surface area (Å²) in [6.07, 6.45) is 3.33. The molecule has 13 heteroatoms. The Morgan fingerprint density at radius 2 is 1.01 bits per heavy atom. The Labute approximate surface area is 385 Å². The molecular formula is C54H42N6O7. The van der Waals surface area contributed by atoms with Crippen molar-refractivity contribution < 1.29 is 32.6 Å². The topological polar surface area (TPSA) is 156 Å². The highest BCUT2D eigenvalue weighted by Crippen LogP contribution is 2.34. The van der Waals surface area contributed by atoms with Crippen LogP contribution < -0.4 is 20.1 Å². The van der Waals surface area contributed by atoms with Crippen molar-refractivity contribution in [2.24, 2.45) is 0 Å². The van der Waals surface area contributed by atoms with Gasteiger partial charge in [0, 0.05) is 33.3 Å². The number of anilines is 4. The van der Waals surface area contributed by atoms with Crippen LogP contribution in [0.25, 0.3) is 44.5 Å². The van der Waals surface area contributed by atoms with Crippen LogP contribution in [0.4, 0.5) is 23.0 Å². The van der Waals surface area contributed by atoms with Crippen molar-refractivity contribution in [2.75, 3.05) is 23.8 Å². The molecule has 1 saturated heterocycles. The van der Waals surface area contributed by atoms with Gasteiger partial charge in [0.25, 0.3) is 0 Å². The van der Waals surface area contributed by atoms with Gasteiger partial charge < -0.3 is 38.4 Å². The lowest BCUT2D eigenvalue weighted by atomic mass is 10.1. The average molecular weight is 887 g/mol. The third-order valence-corrected chi connectivity index (χ3v) is 10.8. The summed E-state index contributed by atoms with van der Waals surface area (Å²) in [5, 5.41) is 8.48. The SMILES string of the molecule is O=Cc1ccc(-c2ccc3ncnc(Nc4ccc(OCc5ccccc5)cc4)c3c2)o1.c1ccc(COc2ccc(Nc3ncnc4ccc(-c5ccc(C6OCCO6)o5)cc34)cc2)cc1.